The number of benzene rings is 1. The van der Waals surface area contributed by atoms with Gasteiger partial charge < -0.3 is 9.72 Å². The van der Waals surface area contributed by atoms with Crippen molar-refractivity contribution in [1.82, 2.24) is 15.4 Å². The molecule has 1 amide bonds. The second kappa shape index (κ2) is 6.55. The Kier molecular flexibility index (Phi) is 4.52. The van der Waals surface area contributed by atoms with Crippen LogP contribution in [-0.4, -0.2) is 22.5 Å². The highest BCUT2D eigenvalue weighted by molar-refractivity contribution is 5.93. The molecule has 6 nitrogen and oxygen atoms in total. The van der Waals surface area contributed by atoms with Gasteiger partial charge in [0, 0.05) is 17.5 Å². The minimum Gasteiger partial charge on any atom is -0.494 e. The number of carbonyl (C=O) groups excluding carboxylic acids is 1. The molecule has 0 aliphatic carbocycles. The Morgan fingerprint density at radius 1 is 1.37 bits per heavy atom. The molecular formula is C13H16N4O2. The highest BCUT2D eigenvalue weighted by Gasteiger charge is 2.03. The van der Waals surface area contributed by atoms with Crippen molar-refractivity contribution >= 4 is 5.91 Å². The van der Waals surface area contributed by atoms with E-state index in [0.717, 1.165) is 24.3 Å². The molecule has 4 N–H and O–H groups in total. The Morgan fingerprint density at radius 3 is 2.79 bits per heavy atom. The lowest BCUT2D eigenvalue weighted by Gasteiger charge is -2.06. The number of nitrogen functional groups attached to an aromatic ring is 1. The van der Waals surface area contributed by atoms with Crippen molar-refractivity contribution in [2.24, 2.45) is 5.84 Å². The van der Waals surface area contributed by atoms with Gasteiger partial charge in [-0.05, 0) is 37.1 Å². The summed E-state index contributed by atoms with van der Waals surface area (Å²) in [6, 6.07) is 6.85. The molecule has 1 aromatic heterocycles. The smallest absolute Gasteiger partial charge is 0.265 e. The summed E-state index contributed by atoms with van der Waals surface area (Å²) >= 11 is 0. The van der Waals surface area contributed by atoms with Crippen LogP contribution in [0.2, 0.25) is 0 Å². The number of rotatable bonds is 6. The number of hydrogen-bond donors (Lipinski definition) is 3. The van der Waals surface area contributed by atoms with Crippen molar-refractivity contribution in [3.8, 4) is 5.75 Å². The predicted molar refractivity (Wildman–Crippen MR) is 70.5 cm³/mol. The molecular weight excluding hydrogens is 244 g/mol. The van der Waals surface area contributed by atoms with Gasteiger partial charge in [-0.1, -0.05) is 0 Å². The van der Waals surface area contributed by atoms with Crippen molar-refractivity contribution in [2.45, 2.75) is 12.8 Å². The average Bonchev–Trinajstić information content (AvgIpc) is 2.96. The summed E-state index contributed by atoms with van der Waals surface area (Å²) in [5.41, 5.74) is 3.68. The maximum absolute atomic E-state index is 11.2. The largest absolute Gasteiger partial charge is 0.494 e. The first-order valence-corrected chi connectivity index (χ1v) is 6.00. The number of hydrazine groups is 1. The van der Waals surface area contributed by atoms with Crippen molar-refractivity contribution in [3.63, 3.8) is 0 Å². The van der Waals surface area contributed by atoms with Crippen LogP contribution in [0.4, 0.5) is 0 Å². The number of nitrogens with one attached hydrogen (secondary N) is 2. The van der Waals surface area contributed by atoms with Crippen LogP contribution in [-0.2, 0) is 6.42 Å². The number of nitrogens with two attached hydrogens (primary N) is 1. The molecule has 6 heteroatoms. The summed E-state index contributed by atoms with van der Waals surface area (Å²) in [4.78, 5) is 18.2. The van der Waals surface area contributed by atoms with E-state index in [0.29, 0.717) is 12.2 Å². The van der Waals surface area contributed by atoms with E-state index in [4.69, 9.17) is 10.6 Å². The van der Waals surface area contributed by atoms with Crippen LogP contribution in [0.15, 0.2) is 36.8 Å². The monoisotopic (exact) mass is 260 g/mol. The van der Waals surface area contributed by atoms with Crippen molar-refractivity contribution < 1.29 is 9.53 Å². The van der Waals surface area contributed by atoms with Crippen LogP contribution in [0.1, 0.15) is 22.5 Å². The van der Waals surface area contributed by atoms with Gasteiger partial charge in [-0.25, -0.2) is 10.8 Å². The third kappa shape index (κ3) is 3.82. The molecule has 0 bridgehead atoms. The van der Waals surface area contributed by atoms with Gasteiger partial charge in [0.25, 0.3) is 5.91 Å². The number of carbonyl (C=O) groups is 1. The number of amides is 1. The SMILES string of the molecule is NNC(=O)c1ccc(OCCCc2cnc[nH]2)cc1. The number of nitrogens with zero attached hydrogens (tertiary/aromatic N) is 1. The quantitative estimate of drug-likeness (QED) is 0.313. The zero-order valence-electron chi connectivity index (χ0n) is 10.4. The first-order chi connectivity index (χ1) is 9.29. The van der Waals surface area contributed by atoms with Gasteiger partial charge in [0.1, 0.15) is 5.75 Å². The molecule has 2 aromatic rings. The number of aromatic nitrogens is 2. The van der Waals surface area contributed by atoms with Gasteiger partial charge in [0.15, 0.2) is 0 Å². The van der Waals surface area contributed by atoms with E-state index in [1.807, 2.05) is 0 Å². The minimum absolute atomic E-state index is 0.314. The van der Waals surface area contributed by atoms with E-state index in [1.54, 1.807) is 36.8 Å². The summed E-state index contributed by atoms with van der Waals surface area (Å²) < 4.78 is 5.58. The predicted octanol–water partition coefficient (Wildman–Crippen LogP) is 1.02. The van der Waals surface area contributed by atoms with Gasteiger partial charge in [-0.2, -0.15) is 0 Å². The summed E-state index contributed by atoms with van der Waals surface area (Å²) in [5, 5.41) is 0. The Hall–Kier alpha value is -2.34. The first kappa shape index (κ1) is 13.1. The number of imidazole rings is 1. The third-order valence-corrected chi connectivity index (χ3v) is 2.66. The van der Waals surface area contributed by atoms with E-state index in [1.165, 1.54) is 0 Å². The lowest BCUT2D eigenvalue weighted by Crippen LogP contribution is -2.29. The van der Waals surface area contributed by atoms with Crippen LogP contribution in [0.3, 0.4) is 0 Å². The molecule has 1 heterocycles. The average molecular weight is 260 g/mol. The molecule has 0 spiro atoms. The molecule has 100 valence electrons. The maximum Gasteiger partial charge on any atom is 0.265 e. The number of aryl methyl sites for hydroxylation is 1. The number of hydrogen-bond acceptors (Lipinski definition) is 4. The summed E-state index contributed by atoms with van der Waals surface area (Å²) in [6.45, 7) is 0.613. The third-order valence-electron chi connectivity index (χ3n) is 2.66. The van der Waals surface area contributed by atoms with E-state index >= 15 is 0 Å². The topological polar surface area (TPSA) is 93.0 Å². The van der Waals surface area contributed by atoms with Crippen LogP contribution in [0, 0.1) is 0 Å². The summed E-state index contributed by atoms with van der Waals surface area (Å²) in [5.74, 6) is 5.47. The standard InChI is InChI=1S/C13H16N4O2/c14-17-13(18)10-3-5-12(6-4-10)19-7-1-2-11-8-15-9-16-11/h3-6,8-9H,1-2,7,14H2,(H,15,16)(H,17,18). The van der Waals surface area contributed by atoms with Crippen LogP contribution in [0.5, 0.6) is 5.75 Å². The number of ether oxygens (including phenoxy) is 1. The maximum atomic E-state index is 11.2. The first-order valence-electron chi connectivity index (χ1n) is 6.00. The van der Waals surface area contributed by atoms with E-state index in [-0.39, 0.29) is 5.91 Å². The van der Waals surface area contributed by atoms with E-state index in [2.05, 4.69) is 15.4 Å². The minimum atomic E-state index is -0.314. The van der Waals surface area contributed by atoms with Crippen molar-refractivity contribution in [2.75, 3.05) is 6.61 Å². The highest BCUT2D eigenvalue weighted by atomic mass is 16.5. The Bertz CT molecular complexity index is 508. The lowest BCUT2D eigenvalue weighted by molar-refractivity contribution is 0.0953. The van der Waals surface area contributed by atoms with Crippen molar-refractivity contribution in [3.05, 3.63) is 48.0 Å². The molecule has 0 saturated carbocycles. The van der Waals surface area contributed by atoms with Crippen molar-refractivity contribution in [1.29, 1.82) is 0 Å². The molecule has 1 aromatic carbocycles. The molecule has 0 saturated heterocycles. The van der Waals surface area contributed by atoms with Crippen LogP contribution < -0.4 is 16.0 Å². The van der Waals surface area contributed by atoms with Gasteiger partial charge >= 0.3 is 0 Å². The van der Waals surface area contributed by atoms with Gasteiger partial charge in [0.2, 0.25) is 0 Å². The van der Waals surface area contributed by atoms with Gasteiger partial charge in [-0.3, -0.25) is 10.2 Å². The second-order valence-corrected chi connectivity index (χ2v) is 4.03. The molecule has 0 aliphatic rings. The second-order valence-electron chi connectivity index (χ2n) is 4.03. The van der Waals surface area contributed by atoms with E-state index in [9.17, 15) is 4.79 Å². The lowest BCUT2D eigenvalue weighted by atomic mass is 10.2. The van der Waals surface area contributed by atoms with Gasteiger partial charge in [-0.15, -0.1) is 0 Å². The Morgan fingerprint density at radius 2 is 2.16 bits per heavy atom. The summed E-state index contributed by atoms with van der Waals surface area (Å²) in [7, 11) is 0. The van der Waals surface area contributed by atoms with E-state index < -0.39 is 0 Å². The highest BCUT2D eigenvalue weighted by Crippen LogP contribution is 2.12. The fourth-order valence-corrected chi connectivity index (χ4v) is 1.66. The molecule has 2 rings (SSSR count). The molecule has 0 radical (unpaired) electrons. The molecule has 0 atom stereocenters. The Labute approximate surface area is 111 Å². The zero-order chi connectivity index (χ0) is 13.5. The molecule has 0 unspecified atom stereocenters. The Balaban J connectivity index is 1.75. The van der Waals surface area contributed by atoms with Gasteiger partial charge in [0.05, 0.1) is 12.9 Å². The fraction of sp³-hybridized carbons (Fsp3) is 0.231. The van der Waals surface area contributed by atoms with Crippen LogP contribution in [0.25, 0.3) is 0 Å². The van der Waals surface area contributed by atoms with Crippen LogP contribution >= 0.6 is 0 Å². The zero-order valence-corrected chi connectivity index (χ0v) is 10.4. The normalized spacial score (nSPS) is 10.2. The number of aromatic amines is 1. The molecule has 19 heavy (non-hydrogen) atoms. The molecule has 0 aliphatic heterocycles. The fourth-order valence-electron chi connectivity index (χ4n) is 1.66. The number of H-pyrrole nitrogens is 1. The summed E-state index contributed by atoms with van der Waals surface area (Å²) in [6.07, 6.45) is 5.26. The molecule has 0 fully saturated rings.